The molecular weight excluding hydrogens is 232 g/mol. The van der Waals surface area contributed by atoms with E-state index in [1.165, 1.54) is 24.0 Å². The second kappa shape index (κ2) is 9.76. The second-order valence-corrected chi connectivity index (χ2v) is 5.11. The molecule has 0 aliphatic rings. The van der Waals surface area contributed by atoms with Gasteiger partial charge in [0.05, 0.1) is 0 Å². The number of hydrogen-bond donors (Lipinski definition) is 1. The number of hydrogen-bond acceptors (Lipinski definition) is 2. The highest BCUT2D eigenvalue weighted by atomic mass is 15.1. The van der Waals surface area contributed by atoms with E-state index >= 15 is 0 Å². The Kier molecular flexibility index (Phi) is 8.19. The summed E-state index contributed by atoms with van der Waals surface area (Å²) < 4.78 is 0. The summed E-state index contributed by atoms with van der Waals surface area (Å²) in [6.45, 7) is 10.2. The third-order valence-electron chi connectivity index (χ3n) is 3.25. The van der Waals surface area contributed by atoms with E-state index in [9.17, 15) is 0 Å². The summed E-state index contributed by atoms with van der Waals surface area (Å²) in [7, 11) is 2.19. The van der Waals surface area contributed by atoms with Gasteiger partial charge in [0.25, 0.3) is 0 Å². The topological polar surface area (TPSA) is 15.3 Å². The quantitative estimate of drug-likeness (QED) is 0.511. The van der Waals surface area contributed by atoms with E-state index in [1.807, 2.05) is 6.08 Å². The van der Waals surface area contributed by atoms with Gasteiger partial charge in [0, 0.05) is 13.1 Å². The van der Waals surface area contributed by atoms with Crippen LogP contribution in [0.5, 0.6) is 0 Å². The Bertz CT molecular complexity index is 360. The molecule has 0 saturated carbocycles. The third kappa shape index (κ3) is 6.55. The van der Waals surface area contributed by atoms with Crippen molar-refractivity contribution in [2.75, 3.05) is 20.1 Å². The lowest BCUT2D eigenvalue weighted by atomic mass is 10.1. The number of nitrogens with zero attached hydrogens (tertiary/aromatic N) is 1. The Morgan fingerprint density at radius 3 is 2.68 bits per heavy atom. The molecule has 0 spiro atoms. The van der Waals surface area contributed by atoms with Crippen LogP contribution in [0, 0.1) is 0 Å². The molecule has 1 aromatic rings. The van der Waals surface area contributed by atoms with Crippen molar-refractivity contribution in [1.29, 1.82) is 0 Å². The van der Waals surface area contributed by atoms with Gasteiger partial charge in [0.15, 0.2) is 0 Å². The maximum Gasteiger partial charge on any atom is 0.0233 e. The molecule has 0 unspecified atom stereocenters. The molecule has 0 aromatic heterocycles. The maximum atomic E-state index is 3.77. The molecule has 0 bridgehead atoms. The molecule has 1 aromatic carbocycles. The van der Waals surface area contributed by atoms with Gasteiger partial charge in [-0.2, -0.15) is 0 Å². The van der Waals surface area contributed by atoms with Crippen LogP contribution in [-0.2, 0) is 13.1 Å². The predicted molar refractivity (Wildman–Crippen MR) is 84.2 cm³/mol. The monoisotopic (exact) mass is 260 g/mol. The summed E-state index contributed by atoms with van der Waals surface area (Å²) >= 11 is 0. The van der Waals surface area contributed by atoms with Crippen LogP contribution < -0.4 is 5.32 Å². The Morgan fingerprint density at radius 2 is 2.00 bits per heavy atom. The van der Waals surface area contributed by atoms with Crippen LogP contribution >= 0.6 is 0 Å². The molecule has 0 saturated heterocycles. The molecule has 1 N–H and O–H groups in total. The first kappa shape index (κ1) is 15.9. The highest BCUT2D eigenvalue weighted by Gasteiger charge is 2.04. The van der Waals surface area contributed by atoms with Crippen LogP contribution in [0.15, 0.2) is 36.9 Å². The van der Waals surface area contributed by atoms with E-state index in [4.69, 9.17) is 0 Å². The standard InChI is InChI=1S/C17H28N2/c1-4-6-9-13-19(3)15-17-11-8-7-10-16(17)14-18-12-5-2/h4,7-8,10-11,18H,1,5-6,9,12-15H2,2-3H3. The molecule has 0 aliphatic carbocycles. The molecule has 0 heterocycles. The van der Waals surface area contributed by atoms with Gasteiger partial charge in [-0.15, -0.1) is 6.58 Å². The van der Waals surface area contributed by atoms with Gasteiger partial charge in [-0.25, -0.2) is 0 Å². The van der Waals surface area contributed by atoms with Gasteiger partial charge < -0.3 is 10.2 Å². The van der Waals surface area contributed by atoms with Crippen LogP contribution in [0.25, 0.3) is 0 Å². The van der Waals surface area contributed by atoms with Gasteiger partial charge >= 0.3 is 0 Å². The Hall–Kier alpha value is -1.12. The number of benzene rings is 1. The average molecular weight is 260 g/mol. The fraction of sp³-hybridized carbons (Fsp3) is 0.529. The maximum absolute atomic E-state index is 3.77. The SMILES string of the molecule is C=CCCCN(C)Cc1ccccc1CNCCC. The predicted octanol–water partition coefficient (Wildman–Crippen LogP) is 3.58. The lowest BCUT2D eigenvalue weighted by molar-refractivity contribution is 0.322. The van der Waals surface area contributed by atoms with Crippen molar-refractivity contribution in [3.63, 3.8) is 0 Å². The van der Waals surface area contributed by atoms with Gasteiger partial charge in [0.1, 0.15) is 0 Å². The van der Waals surface area contributed by atoms with E-state index in [2.05, 4.69) is 55.0 Å². The highest BCUT2D eigenvalue weighted by molar-refractivity contribution is 5.26. The molecule has 106 valence electrons. The van der Waals surface area contributed by atoms with Gasteiger partial charge in [0.2, 0.25) is 0 Å². The van der Waals surface area contributed by atoms with E-state index in [0.717, 1.165) is 32.6 Å². The Morgan fingerprint density at radius 1 is 1.26 bits per heavy atom. The molecular formula is C17H28N2. The van der Waals surface area contributed by atoms with Gasteiger partial charge in [-0.05, 0) is 50.5 Å². The summed E-state index contributed by atoms with van der Waals surface area (Å²) in [5.41, 5.74) is 2.86. The zero-order valence-corrected chi connectivity index (χ0v) is 12.5. The summed E-state index contributed by atoms with van der Waals surface area (Å²) in [4.78, 5) is 2.39. The molecule has 2 nitrogen and oxygen atoms in total. The number of allylic oxidation sites excluding steroid dienone is 1. The number of nitrogens with one attached hydrogen (secondary N) is 1. The van der Waals surface area contributed by atoms with Crippen LogP contribution in [0.2, 0.25) is 0 Å². The first-order chi connectivity index (χ1) is 9.27. The zero-order chi connectivity index (χ0) is 13.9. The molecule has 0 amide bonds. The van der Waals surface area contributed by atoms with E-state index in [0.29, 0.717) is 0 Å². The molecule has 2 heteroatoms. The first-order valence-corrected chi connectivity index (χ1v) is 7.34. The summed E-state index contributed by atoms with van der Waals surface area (Å²) in [6.07, 6.45) is 5.47. The fourth-order valence-corrected chi connectivity index (χ4v) is 2.16. The average Bonchev–Trinajstić information content (AvgIpc) is 2.41. The first-order valence-electron chi connectivity index (χ1n) is 7.34. The third-order valence-corrected chi connectivity index (χ3v) is 3.25. The minimum Gasteiger partial charge on any atom is -0.313 e. The highest BCUT2D eigenvalue weighted by Crippen LogP contribution is 2.11. The van der Waals surface area contributed by atoms with Crippen LogP contribution in [0.3, 0.4) is 0 Å². The van der Waals surface area contributed by atoms with Crippen LogP contribution in [0.1, 0.15) is 37.3 Å². The normalized spacial score (nSPS) is 10.9. The smallest absolute Gasteiger partial charge is 0.0233 e. The van der Waals surface area contributed by atoms with E-state index < -0.39 is 0 Å². The molecule has 1 rings (SSSR count). The lowest BCUT2D eigenvalue weighted by Crippen LogP contribution is -2.21. The summed E-state index contributed by atoms with van der Waals surface area (Å²) in [5.74, 6) is 0. The van der Waals surface area contributed by atoms with E-state index in [1.54, 1.807) is 0 Å². The van der Waals surface area contributed by atoms with Gasteiger partial charge in [-0.3, -0.25) is 0 Å². The van der Waals surface area contributed by atoms with Crippen LogP contribution in [0.4, 0.5) is 0 Å². The van der Waals surface area contributed by atoms with Crippen LogP contribution in [-0.4, -0.2) is 25.0 Å². The Labute approximate surface area is 118 Å². The van der Waals surface area contributed by atoms with Crippen molar-refractivity contribution >= 4 is 0 Å². The molecule has 0 atom stereocenters. The number of unbranched alkanes of at least 4 members (excludes halogenated alkanes) is 1. The zero-order valence-electron chi connectivity index (χ0n) is 12.5. The minimum absolute atomic E-state index is 0.977. The van der Waals surface area contributed by atoms with Crippen molar-refractivity contribution in [1.82, 2.24) is 10.2 Å². The molecule has 0 fully saturated rings. The van der Waals surface area contributed by atoms with E-state index in [-0.39, 0.29) is 0 Å². The van der Waals surface area contributed by atoms with Crippen molar-refractivity contribution < 1.29 is 0 Å². The summed E-state index contributed by atoms with van der Waals surface area (Å²) in [5, 5.41) is 3.49. The van der Waals surface area contributed by atoms with Crippen molar-refractivity contribution in [2.45, 2.75) is 39.3 Å². The number of rotatable bonds is 10. The Balaban J connectivity index is 2.48. The van der Waals surface area contributed by atoms with Crippen molar-refractivity contribution in [2.24, 2.45) is 0 Å². The van der Waals surface area contributed by atoms with Gasteiger partial charge in [-0.1, -0.05) is 37.3 Å². The van der Waals surface area contributed by atoms with Crippen molar-refractivity contribution in [3.8, 4) is 0 Å². The lowest BCUT2D eigenvalue weighted by Gasteiger charge is -2.18. The molecule has 0 aliphatic heterocycles. The molecule has 19 heavy (non-hydrogen) atoms. The molecule has 0 radical (unpaired) electrons. The largest absolute Gasteiger partial charge is 0.313 e. The summed E-state index contributed by atoms with van der Waals surface area (Å²) in [6, 6.07) is 8.74. The van der Waals surface area contributed by atoms with Crippen molar-refractivity contribution in [3.05, 3.63) is 48.0 Å². The minimum atomic E-state index is 0.977. The second-order valence-electron chi connectivity index (χ2n) is 5.11. The fourth-order valence-electron chi connectivity index (χ4n) is 2.16.